The molecule has 5 heteroatoms. The molecule has 3 nitrogen and oxygen atoms in total. The van der Waals surface area contributed by atoms with Crippen molar-refractivity contribution in [2.45, 2.75) is 33.9 Å². The normalized spacial score (nSPS) is 12.6. The van der Waals surface area contributed by atoms with Gasteiger partial charge in [0.25, 0.3) is 0 Å². The predicted molar refractivity (Wildman–Crippen MR) is 154 cm³/mol. The first-order chi connectivity index (χ1) is 17.9. The fourth-order valence-electron chi connectivity index (χ4n) is 4.84. The van der Waals surface area contributed by atoms with Crippen molar-refractivity contribution in [2.75, 3.05) is 0 Å². The zero-order valence-electron chi connectivity index (χ0n) is 22.3. The van der Waals surface area contributed by atoms with Crippen LogP contribution in [0.5, 0.6) is 11.5 Å². The molecule has 2 aromatic heterocycles. The maximum absolute atomic E-state index is 6.16. The fraction of sp³-hybridized carbons (Fsp3) is 0.152. The summed E-state index contributed by atoms with van der Waals surface area (Å²) in [4.78, 5) is 8.84. The van der Waals surface area contributed by atoms with Crippen LogP contribution >= 0.6 is 0 Å². The van der Waals surface area contributed by atoms with Gasteiger partial charge < -0.3 is 14.7 Å². The van der Waals surface area contributed by atoms with E-state index >= 15 is 0 Å². The van der Waals surface area contributed by atoms with E-state index in [1.165, 1.54) is 27.1 Å². The van der Waals surface area contributed by atoms with E-state index in [1.807, 2.05) is 67.0 Å². The first-order valence-electron chi connectivity index (χ1n) is 12.5. The molecular formula is C33H30IrN2OSi-2. The molecule has 3 heterocycles. The number of para-hydroxylation sites is 1. The van der Waals surface area contributed by atoms with Crippen LogP contribution in [0.3, 0.4) is 0 Å². The molecule has 0 N–H and O–H groups in total. The quantitative estimate of drug-likeness (QED) is 0.149. The molecule has 38 heavy (non-hydrogen) atoms. The molecule has 0 fully saturated rings. The number of rotatable bonds is 2. The fourth-order valence-corrected chi connectivity index (χ4v) is 7.94. The molecule has 0 atom stereocenters. The molecule has 3 aromatic carbocycles. The van der Waals surface area contributed by atoms with Gasteiger partial charge in [0.05, 0.1) is 8.07 Å². The largest absolute Gasteiger partial charge is 0.477 e. The van der Waals surface area contributed by atoms with Gasteiger partial charge in [0.1, 0.15) is 5.75 Å². The second-order valence-corrected chi connectivity index (χ2v) is 14.1. The molecule has 6 rings (SSSR count). The topological polar surface area (TPSA) is 35.0 Å². The minimum Gasteiger partial charge on any atom is -0.477 e. The molecule has 1 aliphatic heterocycles. The molecule has 193 valence electrons. The van der Waals surface area contributed by atoms with Crippen molar-refractivity contribution in [3.05, 3.63) is 120 Å². The van der Waals surface area contributed by atoms with Crippen molar-refractivity contribution in [3.63, 3.8) is 0 Å². The van der Waals surface area contributed by atoms with Crippen LogP contribution in [0.2, 0.25) is 13.1 Å². The molecule has 0 unspecified atom stereocenters. The van der Waals surface area contributed by atoms with Crippen LogP contribution in [0, 0.1) is 32.9 Å². The Morgan fingerprint density at radius 1 is 0.763 bits per heavy atom. The molecule has 0 aliphatic carbocycles. The van der Waals surface area contributed by atoms with Crippen molar-refractivity contribution < 1.29 is 24.8 Å². The minimum absolute atomic E-state index is 0. The summed E-state index contributed by atoms with van der Waals surface area (Å²) in [5, 5.41) is 2.62. The van der Waals surface area contributed by atoms with E-state index in [0.717, 1.165) is 34.0 Å². The first-order valence-corrected chi connectivity index (χ1v) is 15.5. The molecule has 1 radical (unpaired) electrons. The Morgan fingerprint density at radius 3 is 2.08 bits per heavy atom. The number of nitrogens with zero attached hydrogens (tertiary/aromatic N) is 2. The summed E-state index contributed by atoms with van der Waals surface area (Å²) < 4.78 is 6.16. The van der Waals surface area contributed by atoms with E-state index in [4.69, 9.17) is 4.74 Å². The third-order valence-corrected chi connectivity index (χ3v) is 10.6. The van der Waals surface area contributed by atoms with Crippen LogP contribution in [0.15, 0.2) is 91.3 Å². The Kier molecular flexibility index (Phi) is 8.42. The Labute approximate surface area is 240 Å². The van der Waals surface area contributed by atoms with Gasteiger partial charge in [0, 0.05) is 38.2 Å². The number of aryl methyl sites for hydroxylation is 2. The molecule has 1 aliphatic rings. The van der Waals surface area contributed by atoms with Crippen molar-refractivity contribution in [1.29, 1.82) is 0 Å². The molecule has 5 aromatic rings. The van der Waals surface area contributed by atoms with Gasteiger partial charge in [-0.2, -0.15) is 0 Å². The van der Waals surface area contributed by atoms with Crippen LogP contribution in [-0.4, -0.2) is 18.0 Å². The molecule has 0 spiro atoms. The standard InChI is InChI=1S/C19H16NOSi.C14H14N.Ir/c1-22(2)18-12-4-3-10-16(18)21-17-11-7-8-14(19(17)22)15-9-5-6-13-20-15;1-10-8-13(9-11(2)12(10)3)14-6-4-5-7-15-14;/h3-7,9-13H,1-2H3;4-8H,1-3H3;/q2*-1;. The molecule has 0 saturated carbocycles. The Balaban J connectivity index is 0.000000185. The number of hydrogen-bond donors (Lipinski definition) is 0. The Hall–Kier alpha value is -3.37. The summed E-state index contributed by atoms with van der Waals surface area (Å²) in [6.45, 7) is 11.1. The van der Waals surface area contributed by atoms with Gasteiger partial charge in [-0.3, -0.25) is 0 Å². The maximum atomic E-state index is 6.16. The van der Waals surface area contributed by atoms with E-state index in [2.05, 4.69) is 80.2 Å². The summed E-state index contributed by atoms with van der Waals surface area (Å²) >= 11 is 0. The summed E-state index contributed by atoms with van der Waals surface area (Å²) in [6, 6.07) is 33.2. The van der Waals surface area contributed by atoms with Gasteiger partial charge in [-0.15, -0.1) is 58.1 Å². The maximum Gasteiger partial charge on any atom is 0.123 e. The van der Waals surface area contributed by atoms with Gasteiger partial charge in [-0.1, -0.05) is 81.5 Å². The first kappa shape index (κ1) is 27.7. The number of pyridine rings is 2. The average molecular weight is 691 g/mol. The Bertz CT molecular complexity index is 1530. The smallest absolute Gasteiger partial charge is 0.123 e. The van der Waals surface area contributed by atoms with Crippen LogP contribution < -0.4 is 15.1 Å². The summed E-state index contributed by atoms with van der Waals surface area (Å²) in [7, 11) is -1.86. The summed E-state index contributed by atoms with van der Waals surface area (Å²) in [5.41, 5.74) is 7.92. The van der Waals surface area contributed by atoms with Crippen LogP contribution in [0.25, 0.3) is 22.5 Å². The predicted octanol–water partition coefficient (Wildman–Crippen LogP) is 6.95. The zero-order chi connectivity index (χ0) is 26.0. The number of ether oxygens (including phenoxy) is 1. The van der Waals surface area contributed by atoms with E-state index in [1.54, 1.807) is 0 Å². The average Bonchev–Trinajstić information content (AvgIpc) is 2.92. The van der Waals surface area contributed by atoms with Crippen molar-refractivity contribution in [1.82, 2.24) is 9.97 Å². The van der Waals surface area contributed by atoms with Crippen molar-refractivity contribution >= 4 is 18.4 Å². The van der Waals surface area contributed by atoms with Crippen LogP contribution in [0.1, 0.15) is 16.7 Å². The van der Waals surface area contributed by atoms with Gasteiger partial charge >= 0.3 is 0 Å². The SMILES string of the molecule is C[Si]1(C)c2ccccc2Oc2cc[c-]c(-c3ccccn3)c21.Cc1[c-]c(-c2ccccn2)cc(C)c1C.[Ir]. The summed E-state index contributed by atoms with van der Waals surface area (Å²) in [5.74, 6) is 1.94. The van der Waals surface area contributed by atoms with Gasteiger partial charge in [0.15, 0.2) is 0 Å². The third-order valence-electron chi connectivity index (χ3n) is 7.06. The van der Waals surface area contributed by atoms with Crippen LogP contribution in [0.4, 0.5) is 0 Å². The van der Waals surface area contributed by atoms with Gasteiger partial charge in [0.2, 0.25) is 0 Å². The molecule has 0 saturated heterocycles. The van der Waals surface area contributed by atoms with E-state index in [9.17, 15) is 0 Å². The van der Waals surface area contributed by atoms with Crippen LogP contribution in [-0.2, 0) is 20.1 Å². The monoisotopic (exact) mass is 691 g/mol. The van der Waals surface area contributed by atoms with E-state index in [-0.39, 0.29) is 20.1 Å². The van der Waals surface area contributed by atoms with Crippen molar-refractivity contribution in [2.24, 2.45) is 0 Å². The van der Waals surface area contributed by atoms with E-state index in [0.29, 0.717) is 0 Å². The number of aromatic nitrogens is 2. The van der Waals surface area contributed by atoms with E-state index < -0.39 is 8.07 Å². The molecule has 0 bridgehead atoms. The summed E-state index contributed by atoms with van der Waals surface area (Å²) in [6.07, 6.45) is 3.64. The molecular weight excluding hydrogens is 661 g/mol. The second-order valence-electron chi connectivity index (χ2n) is 9.86. The van der Waals surface area contributed by atoms with Crippen molar-refractivity contribution in [3.8, 4) is 34.0 Å². The Morgan fingerprint density at radius 2 is 1.42 bits per heavy atom. The number of hydrogen-bond acceptors (Lipinski definition) is 3. The minimum atomic E-state index is -1.86. The molecule has 0 amide bonds. The second kappa shape index (κ2) is 11.6. The number of fused-ring (bicyclic) bond motifs is 2. The third kappa shape index (κ3) is 5.42. The number of benzene rings is 3. The zero-order valence-corrected chi connectivity index (χ0v) is 25.7. The van der Waals surface area contributed by atoms with Gasteiger partial charge in [-0.25, -0.2) is 0 Å². The van der Waals surface area contributed by atoms with Gasteiger partial charge in [-0.05, 0) is 34.8 Å².